The number of nitrogens with one attached hydrogen (secondary N) is 2. The molecular formula is C10H18N4O2. The summed E-state index contributed by atoms with van der Waals surface area (Å²) >= 11 is 0. The lowest BCUT2D eigenvalue weighted by atomic mass is 10.2. The number of carbonyl (C=O) groups excluding carboxylic acids is 2. The monoisotopic (exact) mass is 226 g/mol. The Bertz CT molecular complexity index is 296. The summed E-state index contributed by atoms with van der Waals surface area (Å²) in [5, 5.41) is 4.70. The maximum atomic E-state index is 10.8. The topological polar surface area (TPSA) is 73.8 Å². The van der Waals surface area contributed by atoms with E-state index >= 15 is 0 Å². The average molecular weight is 226 g/mol. The summed E-state index contributed by atoms with van der Waals surface area (Å²) in [6.07, 6.45) is 1.08. The van der Waals surface area contributed by atoms with E-state index in [2.05, 4.69) is 34.4 Å². The Morgan fingerprint density at radius 2 is 1.88 bits per heavy atom. The van der Waals surface area contributed by atoms with Crippen LogP contribution in [-0.2, 0) is 9.59 Å². The van der Waals surface area contributed by atoms with Gasteiger partial charge in [-0.3, -0.25) is 25.2 Å². The van der Waals surface area contributed by atoms with Gasteiger partial charge < -0.3 is 4.90 Å². The van der Waals surface area contributed by atoms with Gasteiger partial charge in [0.05, 0.1) is 6.54 Å². The Labute approximate surface area is 95.1 Å². The largest absolute Gasteiger partial charge is 0.316 e. The van der Waals surface area contributed by atoms with Crippen LogP contribution < -0.4 is 10.6 Å². The third-order valence-corrected chi connectivity index (χ3v) is 2.74. The van der Waals surface area contributed by atoms with E-state index in [1.54, 1.807) is 0 Å². The van der Waals surface area contributed by atoms with Crippen LogP contribution in [0.1, 0.15) is 20.3 Å². The van der Waals surface area contributed by atoms with Crippen molar-refractivity contribution >= 4 is 17.8 Å². The van der Waals surface area contributed by atoms with Gasteiger partial charge in [-0.2, -0.15) is 0 Å². The molecule has 1 aliphatic rings. The first-order valence-corrected chi connectivity index (χ1v) is 5.41. The second kappa shape index (κ2) is 5.60. The zero-order valence-electron chi connectivity index (χ0n) is 9.91. The normalized spacial score (nSPS) is 17.4. The number of rotatable bonds is 5. The lowest BCUT2D eigenvalue weighted by Crippen LogP contribution is -2.32. The molecular weight excluding hydrogens is 208 g/mol. The molecule has 1 saturated heterocycles. The van der Waals surface area contributed by atoms with Crippen molar-refractivity contribution in [2.45, 2.75) is 26.3 Å². The van der Waals surface area contributed by atoms with E-state index in [4.69, 9.17) is 0 Å². The minimum atomic E-state index is -0.644. The molecule has 1 aliphatic heterocycles. The molecule has 6 heteroatoms. The maximum Gasteiger partial charge on any atom is 0.316 e. The van der Waals surface area contributed by atoms with Gasteiger partial charge in [0.15, 0.2) is 0 Å². The lowest BCUT2D eigenvalue weighted by molar-refractivity contribution is -0.135. The van der Waals surface area contributed by atoms with Crippen molar-refractivity contribution in [2.75, 3.05) is 20.1 Å². The molecule has 6 nitrogen and oxygen atoms in total. The van der Waals surface area contributed by atoms with Crippen molar-refractivity contribution in [3.8, 4) is 0 Å². The van der Waals surface area contributed by atoms with Crippen molar-refractivity contribution in [3.05, 3.63) is 0 Å². The summed E-state index contributed by atoms with van der Waals surface area (Å²) in [4.78, 5) is 27.9. The van der Waals surface area contributed by atoms with Crippen LogP contribution in [0.2, 0.25) is 0 Å². The fraction of sp³-hybridized carbons (Fsp3) is 0.700. The quantitative estimate of drug-likeness (QED) is 0.610. The van der Waals surface area contributed by atoms with Crippen LogP contribution in [0.5, 0.6) is 0 Å². The minimum absolute atomic E-state index is 0.257. The molecule has 1 fully saturated rings. The second-order valence-electron chi connectivity index (χ2n) is 3.88. The first-order chi connectivity index (χ1) is 7.54. The van der Waals surface area contributed by atoms with Crippen LogP contribution in [0.3, 0.4) is 0 Å². The summed E-state index contributed by atoms with van der Waals surface area (Å²) in [7, 11) is 2.03. The number of likely N-dealkylation sites (N-methyl/N-ethyl adjacent to an activating group) is 1. The van der Waals surface area contributed by atoms with Crippen molar-refractivity contribution in [1.82, 2.24) is 15.5 Å². The molecule has 0 aromatic rings. The Kier molecular flexibility index (Phi) is 4.42. The Balaban J connectivity index is 2.33. The van der Waals surface area contributed by atoms with E-state index in [1.165, 1.54) is 0 Å². The van der Waals surface area contributed by atoms with Gasteiger partial charge >= 0.3 is 11.8 Å². The predicted octanol–water partition coefficient (Wildman–Crippen LogP) is -0.681. The number of hydrogen-bond acceptors (Lipinski definition) is 4. The number of amides is 2. The van der Waals surface area contributed by atoms with Crippen molar-refractivity contribution in [3.63, 3.8) is 0 Å². The average Bonchev–Trinajstić information content (AvgIpc) is 2.57. The van der Waals surface area contributed by atoms with E-state index < -0.39 is 11.8 Å². The van der Waals surface area contributed by atoms with Gasteiger partial charge in [-0.15, -0.1) is 0 Å². The molecule has 0 spiro atoms. The fourth-order valence-electron chi connectivity index (χ4n) is 1.29. The molecule has 0 aromatic heterocycles. The smallest absolute Gasteiger partial charge is 0.302 e. The molecule has 1 unspecified atom stereocenters. The molecule has 1 rings (SSSR count). The zero-order chi connectivity index (χ0) is 12.1. The van der Waals surface area contributed by atoms with Crippen LogP contribution in [-0.4, -0.2) is 48.9 Å². The van der Waals surface area contributed by atoms with Gasteiger partial charge in [-0.1, -0.05) is 6.92 Å². The summed E-state index contributed by atoms with van der Waals surface area (Å²) in [5.41, 5.74) is 0. The molecule has 0 saturated carbocycles. The zero-order valence-corrected chi connectivity index (χ0v) is 9.91. The summed E-state index contributed by atoms with van der Waals surface area (Å²) in [5.74, 6) is -1.03. The van der Waals surface area contributed by atoms with E-state index in [-0.39, 0.29) is 5.96 Å². The summed E-state index contributed by atoms with van der Waals surface area (Å²) in [6.45, 7) is 5.62. The molecule has 0 radical (unpaired) electrons. The number of aliphatic imine (C=N–C) groups is 1. The molecule has 16 heavy (non-hydrogen) atoms. The maximum absolute atomic E-state index is 10.8. The highest BCUT2D eigenvalue weighted by atomic mass is 16.2. The minimum Gasteiger partial charge on any atom is -0.302 e. The fourth-order valence-corrected chi connectivity index (χ4v) is 1.29. The van der Waals surface area contributed by atoms with Gasteiger partial charge in [0.25, 0.3) is 0 Å². The standard InChI is InChI=1S/C10H18N4O2/c1-4-7(2)14(3)6-5-11-10-12-8(15)9(16)13-10/h7H,4-6H2,1-3H3,(H2,11,12,13,15,16). The second-order valence-corrected chi connectivity index (χ2v) is 3.88. The van der Waals surface area contributed by atoms with Crippen LogP contribution in [0.25, 0.3) is 0 Å². The van der Waals surface area contributed by atoms with E-state index in [0.29, 0.717) is 12.6 Å². The Morgan fingerprint density at radius 3 is 2.38 bits per heavy atom. The van der Waals surface area contributed by atoms with Crippen LogP contribution in [0.15, 0.2) is 4.99 Å². The number of carbonyl (C=O) groups is 2. The molecule has 90 valence electrons. The van der Waals surface area contributed by atoms with Crippen molar-refractivity contribution in [1.29, 1.82) is 0 Å². The highest BCUT2D eigenvalue weighted by molar-refractivity contribution is 6.45. The first kappa shape index (κ1) is 12.6. The van der Waals surface area contributed by atoms with Gasteiger partial charge in [-0.25, -0.2) is 0 Å². The molecule has 0 aromatic carbocycles. The third kappa shape index (κ3) is 3.30. The molecule has 0 bridgehead atoms. The highest BCUT2D eigenvalue weighted by Gasteiger charge is 2.24. The Morgan fingerprint density at radius 1 is 1.31 bits per heavy atom. The molecule has 2 amide bonds. The summed E-state index contributed by atoms with van der Waals surface area (Å²) in [6, 6.07) is 0.507. The van der Waals surface area contributed by atoms with Crippen LogP contribution >= 0.6 is 0 Å². The highest BCUT2D eigenvalue weighted by Crippen LogP contribution is 1.98. The molecule has 2 N–H and O–H groups in total. The first-order valence-electron chi connectivity index (χ1n) is 5.41. The van der Waals surface area contributed by atoms with E-state index in [1.807, 2.05) is 7.05 Å². The number of guanidine groups is 1. The van der Waals surface area contributed by atoms with Gasteiger partial charge in [0.2, 0.25) is 5.96 Å². The lowest BCUT2D eigenvalue weighted by Gasteiger charge is -2.22. The van der Waals surface area contributed by atoms with E-state index in [0.717, 1.165) is 13.0 Å². The molecule has 1 atom stereocenters. The third-order valence-electron chi connectivity index (χ3n) is 2.74. The molecule has 0 aliphatic carbocycles. The van der Waals surface area contributed by atoms with Gasteiger partial charge in [0, 0.05) is 12.6 Å². The van der Waals surface area contributed by atoms with Gasteiger partial charge in [-0.05, 0) is 20.4 Å². The Hall–Kier alpha value is -1.43. The van der Waals surface area contributed by atoms with Gasteiger partial charge in [0.1, 0.15) is 0 Å². The van der Waals surface area contributed by atoms with Crippen molar-refractivity contribution < 1.29 is 9.59 Å². The van der Waals surface area contributed by atoms with Crippen LogP contribution in [0.4, 0.5) is 0 Å². The number of nitrogens with zero attached hydrogens (tertiary/aromatic N) is 2. The van der Waals surface area contributed by atoms with Crippen LogP contribution in [0, 0.1) is 0 Å². The molecule has 1 heterocycles. The van der Waals surface area contributed by atoms with Crippen molar-refractivity contribution in [2.24, 2.45) is 4.99 Å². The number of hydrogen-bond donors (Lipinski definition) is 2. The predicted molar refractivity (Wildman–Crippen MR) is 61.0 cm³/mol. The van der Waals surface area contributed by atoms with E-state index in [9.17, 15) is 9.59 Å². The summed E-state index contributed by atoms with van der Waals surface area (Å²) < 4.78 is 0. The SMILES string of the molecule is CCC(C)N(C)CCN=C1NC(=O)C(=O)N1.